The monoisotopic (exact) mass is 305 g/mol. The first-order valence-electron chi connectivity index (χ1n) is 7.43. The average molecular weight is 305 g/mol. The first kappa shape index (κ1) is 14.3. The third kappa shape index (κ3) is 2.48. The highest BCUT2D eigenvalue weighted by atomic mass is 32.1. The Morgan fingerprint density at radius 2 is 2.33 bits per heavy atom. The Labute approximate surface area is 127 Å². The lowest BCUT2D eigenvalue weighted by molar-refractivity contribution is -0.144. The van der Waals surface area contributed by atoms with Gasteiger partial charge in [-0.15, -0.1) is 11.3 Å². The summed E-state index contributed by atoms with van der Waals surface area (Å²) >= 11 is 1.67. The maximum absolute atomic E-state index is 12.2. The molecule has 0 spiro atoms. The summed E-state index contributed by atoms with van der Waals surface area (Å²) in [5.41, 5.74) is 1.09. The number of aromatic nitrogens is 2. The van der Waals surface area contributed by atoms with E-state index in [2.05, 4.69) is 22.2 Å². The van der Waals surface area contributed by atoms with Gasteiger partial charge in [0, 0.05) is 11.4 Å². The summed E-state index contributed by atoms with van der Waals surface area (Å²) in [7, 11) is 0. The van der Waals surface area contributed by atoms with Gasteiger partial charge in [0.25, 0.3) is 0 Å². The number of nitrogens with zero attached hydrogens (tertiary/aromatic N) is 2. The number of fused-ring (bicyclic) bond motifs is 3. The standard InChI is InChI=1S/C15H19N3O2S/c1-3-7-16-13-12-11-9(15(19)20-4-2)5-6-10(11)21-14(12)18-8-17-13/h8-9H,3-7H2,1-2H3,(H,16,17,18)/t9-/m0/s1. The second kappa shape index (κ2) is 5.97. The van der Waals surface area contributed by atoms with E-state index in [1.807, 2.05) is 6.92 Å². The fourth-order valence-corrected chi connectivity index (χ4v) is 4.05. The normalized spacial score (nSPS) is 17.0. The number of thiophene rings is 1. The smallest absolute Gasteiger partial charge is 0.313 e. The highest BCUT2D eigenvalue weighted by molar-refractivity contribution is 7.19. The van der Waals surface area contributed by atoms with E-state index >= 15 is 0 Å². The fourth-order valence-electron chi connectivity index (χ4n) is 2.83. The van der Waals surface area contributed by atoms with Crippen LogP contribution in [0.5, 0.6) is 0 Å². The van der Waals surface area contributed by atoms with Gasteiger partial charge in [-0.2, -0.15) is 0 Å². The van der Waals surface area contributed by atoms with Crippen molar-refractivity contribution in [2.75, 3.05) is 18.5 Å². The van der Waals surface area contributed by atoms with Crippen LogP contribution in [0, 0.1) is 0 Å². The molecule has 0 fully saturated rings. The maximum atomic E-state index is 12.2. The van der Waals surface area contributed by atoms with E-state index in [1.165, 1.54) is 4.88 Å². The molecule has 0 saturated carbocycles. The minimum Gasteiger partial charge on any atom is -0.466 e. The van der Waals surface area contributed by atoms with Gasteiger partial charge in [-0.1, -0.05) is 6.92 Å². The van der Waals surface area contributed by atoms with E-state index in [9.17, 15) is 4.79 Å². The number of hydrogen-bond donors (Lipinski definition) is 1. The van der Waals surface area contributed by atoms with Crippen molar-refractivity contribution in [3.63, 3.8) is 0 Å². The average Bonchev–Trinajstić information content (AvgIpc) is 3.03. The molecule has 2 aromatic rings. The number of aryl methyl sites for hydroxylation is 1. The second-order valence-electron chi connectivity index (χ2n) is 5.11. The lowest BCUT2D eigenvalue weighted by Crippen LogP contribution is -2.14. The molecule has 112 valence electrons. The highest BCUT2D eigenvalue weighted by Gasteiger charge is 2.34. The number of anilines is 1. The Morgan fingerprint density at radius 1 is 1.48 bits per heavy atom. The van der Waals surface area contributed by atoms with Crippen LogP contribution >= 0.6 is 11.3 Å². The van der Waals surface area contributed by atoms with Gasteiger partial charge < -0.3 is 10.1 Å². The molecule has 1 N–H and O–H groups in total. The molecule has 1 aliphatic rings. The predicted octanol–water partition coefficient (Wildman–Crippen LogP) is 3.11. The van der Waals surface area contributed by atoms with E-state index in [-0.39, 0.29) is 11.9 Å². The number of rotatable bonds is 5. The molecule has 21 heavy (non-hydrogen) atoms. The SMILES string of the molecule is CCCNc1ncnc2sc3c(c12)[C@@H](C(=O)OCC)CC3. The largest absolute Gasteiger partial charge is 0.466 e. The van der Waals surface area contributed by atoms with Gasteiger partial charge in [0.1, 0.15) is 17.0 Å². The highest BCUT2D eigenvalue weighted by Crippen LogP contribution is 2.45. The van der Waals surface area contributed by atoms with Gasteiger partial charge in [0.15, 0.2) is 0 Å². The van der Waals surface area contributed by atoms with Gasteiger partial charge in [-0.25, -0.2) is 9.97 Å². The van der Waals surface area contributed by atoms with Crippen molar-refractivity contribution in [3.8, 4) is 0 Å². The van der Waals surface area contributed by atoms with Crippen molar-refractivity contribution < 1.29 is 9.53 Å². The van der Waals surface area contributed by atoms with Crippen molar-refractivity contribution >= 4 is 33.3 Å². The lowest BCUT2D eigenvalue weighted by Gasteiger charge is -2.12. The van der Waals surface area contributed by atoms with E-state index in [1.54, 1.807) is 17.7 Å². The maximum Gasteiger partial charge on any atom is 0.313 e. The number of hydrogen-bond acceptors (Lipinski definition) is 6. The van der Waals surface area contributed by atoms with Crippen LogP contribution in [0.1, 0.15) is 43.0 Å². The molecular weight excluding hydrogens is 286 g/mol. The van der Waals surface area contributed by atoms with E-state index in [0.717, 1.165) is 47.4 Å². The third-order valence-corrected chi connectivity index (χ3v) is 4.90. The van der Waals surface area contributed by atoms with Gasteiger partial charge in [0.2, 0.25) is 0 Å². The lowest BCUT2D eigenvalue weighted by atomic mass is 10.0. The Morgan fingerprint density at radius 3 is 3.10 bits per heavy atom. The minimum absolute atomic E-state index is 0.124. The Bertz CT molecular complexity index is 668. The first-order valence-corrected chi connectivity index (χ1v) is 8.24. The van der Waals surface area contributed by atoms with Crippen molar-refractivity contribution in [1.29, 1.82) is 0 Å². The van der Waals surface area contributed by atoms with Crippen LogP contribution in [0.2, 0.25) is 0 Å². The molecule has 0 amide bonds. The molecule has 0 aromatic carbocycles. The molecule has 1 aliphatic carbocycles. The zero-order valence-electron chi connectivity index (χ0n) is 12.3. The number of carbonyl (C=O) groups excluding carboxylic acids is 1. The molecular formula is C15H19N3O2S. The van der Waals surface area contributed by atoms with Gasteiger partial charge >= 0.3 is 5.97 Å². The number of carbonyl (C=O) groups is 1. The Kier molecular flexibility index (Phi) is 4.05. The zero-order valence-corrected chi connectivity index (χ0v) is 13.1. The third-order valence-electron chi connectivity index (χ3n) is 3.72. The summed E-state index contributed by atoms with van der Waals surface area (Å²) in [6, 6.07) is 0. The zero-order chi connectivity index (χ0) is 14.8. The van der Waals surface area contributed by atoms with Crippen LogP contribution in [0.3, 0.4) is 0 Å². The summed E-state index contributed by atoms with van der Waals surface area (Å²) in [6.07, 6.45) is 4.37. The van der Waals surface area contributed by atoms with Gasteiger partial charge in [0.05, 0.1) is 17.9 Å². The van der Waals surface area contributed by atoms with Crippen molar-refractivity contribution in [2.45, 2.75) is 39.0 Å². The van der Waals surface area contributed by atoms with Crippen LogP contribution in [0.25, 0.3) is 10.2 Å². The molecule has 2 aromatic heterocycles. The van der Waals surface area contributed by atoms with Crippen molar-refractivity contribution in [3.05, 3.63) is 16.8 Å². The van der Waals surface area contributed by atoms with E-state index in [0.29, 0.717) is 6.61 Å². The molecule has 0 aliphatic heterocycles. The molecule has 2 heterocycles. The molecule has 0 saturated heterocycles. The molecule has 5 nitrogen and oxygen atoms in total. The minimum atomic E-state index is -0.165. The molecule has 6 heteroatoms. The van der Waals surface area contributed by atoms with Crippen LogP contribution in [0.4, 0.5) is 5.82 Å². The predicted molar refractivity (Wildman–Crippen MR) is 83.9 cm³/mol. The quantitative estimate of drug-likeness (QED) is 0.860. The topological polar surface area (TPSA) is 64.1 Å². The van der Waals surface area contributed by atoms with Crippen LogP contribution < -0.4 is 5.32 Å². The second-order valence-corrected chi connectivity index (χ2v) is 6.20. The fraction of sp³-hybridized carbons (Fsp3) is 0.533. The first-order chi connectivity index (χ1) is 10.3. The number of esters is 1. The molecule has 0 bridgehead atoms. The van der Waals surface area contributed by atoms with Crippen LogP contribution in [0.15, 0.2) is 6.33 Å². The Balaban J connectivity index is 2.06. The summed E-state index contributed by atoms with van der Waals surface area (Å²) in [5.74, 6) is 0.554. The van der Waals surface area contributed by atoms with Gasteiger partial charge in [-0.3, -0.25) is 4.79 Å². The number of ether oxygens (including phenoxy) is 1. The Hall–Kier alpha value is -1.69. The molecule has 3 rings (SSSR count). The molecule has 0 unspecified atom stereocenters. The molecule has 1 atom stereocenters. The van der Waals surface area contributed by atoms with Gasteiger partial charge in [-0.05, 0) is 31.7 Å². The molecule has 0 radical (unpaired) electrons. The summed E-state index contributed by atoms with van der Waals surface area (Å²) in [6.45, 7) is 5.24. The van der Waals surface area contributed by atoms with Crippen LogP contribution in [-0.4, -0.2) is 29.1 Å². The number of nitrogens with one attached hydrogen (secondary N) is 1. The summed E-state index contributed by atoms with van der Waals surface area (Å²) in [5, 5.41) is 4.36. The van der Waals surface area contributed by atoms with E-state index in [4.69, 9.17) is 4.74 Å². The van der Waals surface area contributed by atoms with Crippen molar-refractivity contribution in [1.82, 2.24) is 9.97 Å². The van der Waals surface area contributed by atoms with Crippen molar-refractivity contribution in [2.24, 2.45) is 0 Å². The summed E-state index contributed by atoms with van der Waals surface area (Å²) in [4.78, 5) is 23.1. The summed E-state index contributed by atoms with van der Waals surface area (Å²) < 4.78 is 5.23. The van der Waals surface area contributed by atoms with Crippen LogP contribution in [-0.2, 0) is 16.0 Å². The van der Waals surface area contributed by atoms with E-state index < -0.39 is 0 Å².